The molecule has 0 unspecified atom stereocenters. The van der Waals surface area contributed by atoms with Gasteiger partial charge in [-0.3, -0.25) is 9.36 Å². The lowest BCUT2D eigenvalue weighted by atomic mass is 10.2. The maximum atomic E-state index is 5.85. The Morgan fingerprint density at radius 3 is 3.14 bits per heavy atom. The number of nitrogens with zero attached hydrogens (tertiary/aromatic N) is 7. The third-order valence-corrected chi connectivity index (χ3v) is 3.90. The van der Waals surface area contributed by atoms with Crippen LogP contribution in [-0.2, 0) is 18.3 Å². The number of hydrogen-bond acceptors (Lipinski definition) is 6. The first-order valence-corrected chi connectivity index (χ1v) is 7.28. The standard InChI is InChI=1S/C14H17N7O/c1-19-13-12(7-18-19)14(16-10-15-13)20-5-6-22-11(8-20)9-21-4-2-3-17-21/h2-4,7,10-11H,5-6,8-9H2,1H3/t11-/m1/s1. The topological polar surface area (TPSA) is 73.9 Å². The van der Waals surface area contributed by atoms with E-state index in [0.717, 1.165) is 36.5 Å². The molecule has 0 aliphatic carbocycles. The Morgan fingerprint density at radius 1 is 1.32 bits per heavy atom. The molecule has 0 spiro atoms. The van der Waals surface area contributed by atoms with E-state index in [1.807, 2.05) is 30.2 Å². The van der Waals surface area contributed by atoms with E-state index in [-0.39, 0.29) is 6.10 Å². The molecule has 4 heterocycles. The van der Waals surface area contributed by atoms with Crippen molar-refractivity contribution in [3.05, 3.63) is 31.0 Å². The van der Waals surface area contributed by atoms with Crippen LogP contribution in [0, 0.1) is 0 Å². The fraction of sp³-hybridized carbons (Fsp3) is 0.429. The largest absolute Gasteiger partial charge is 0.373 e. The van der Waals surface area contributed by atoms with Gasteiger partial charge >= 0.3 is 0 Å². The Labute approximate surface area is 127 Å². The first kappa shape index (κ1) is 13.2. The normalized spacial score (nSPS) is 19.0. The highest BCUT2D eigenvalue weighted by molar-refractivity contribution is 5.86. The quantitative estimate of drug-likeness (QED) is 0.700. The SMILES string of the molecule is Cn1ncc2c(N3CCO[C@@H](Cn4cccn4)C3)ncnc21. The Morgan fingerprint density at radius 2 is 2.27 bits per heavy atom. The highest BCUT2D eigenvalue weighted by Gasteiger charge is 2.24. The number of rotatable bonds is 3. The zero-order valence-corrected chi connectivity index (χ0v) is 12.3. The van der Waals surface area contributed by atoms with Gasteiger partial charge in [0.2, 0.25) is 0 Å². The maximum Gasteiger partial charge on any atom is 0.163 e. The third-order valence-electron chi connectivity index (χ3n) is 3.90. The summed E-state index contributed by atoms with van der Waals surface area (Å²) in [7, 11) is 1.89. The van der Waals surface area contributed by atoms with Crippen LogP contribution in [0.4, 0.5) is 5.82 Å². The van der Waals surface area contributed by atoms with E-state index in [1.165, 1.54) is 0 Å². The summed E-state index contributed by atoms with van der Waals surface area (Å²) in [5, 5.41) is 9.49. The van der Waals surface area contributed by atoms with Gasteiger partial charge in [-0.1, -0.05) is 0 Å². The number of ether oxygens (including phenoxy) is 1. The molecule has 22 heavy (non-hydrogen) atoms. The van der Waals surface area contributed by atoms with Crippen LogP contribution in [0.15, 0.2) is 31.0 Å². The van der Waals surface area contributed by atoms with Gasteiger partial charge < -0.3 is 9.64 Å². The lowest BCUT2D eigenvalue weighted by molar-refractivity contribution is 0.0273. The van der Waals surface area contributed by atoms with Crippen molar-refractivity contribution >= 4 is 16.9 Å². The summed E-state index contributed by atoms with van der Waals surface area (Å²) in [6.07, 6.45) is 7.24. The Bertz CT molecular complexity index is 767. The molecule has 0 aromatic carbocycles. The Balaban J connectivity index is 1.58. The van der Waals surface area contributed by atoms with Crippen molar-refractivity contribution in [2.75, 3.05) is 24.6 Å². The molecule has 8 heteroatoms. The van der Waals surface area contributed by atoms with Crippen molar-refractivity contribution < 1.29 is 4.74 Å². The molecule has 114 valence electrons. The van der Waals surface area contributed by atoms with Crippen LogP contribution >= 0.6 is 0 Å². The van der Waals surface area contributed by atoms with E-state index in [4.69, 9.17) is 4.74 Å². The average Bonchev–Trinajstić information content (AvgIpc) is 3.18. The number of morpholine rings is 1. The molecule has 3 aromatic rings. The number of fused-ring (bicyclic) bond motifs is 1. The van der Waals surface area contributed by atoms with Crippen LogP contribution in [0.1, 0.15) is 0 Å². The summed E-state index contributed by atoms with van der Waals surface area (Å²) in [5.74, 6) is 0.923. The zero-order valence-electron chi connectivity index (χ0n) is 12.3. The van der Waals surface area contributed by atoms with Crippen LogP contribution in [0.2, 0.25) is 0 Å². The molecule has 4 rings (SSSR count). The van der Waals surface area contributed by atoms with Gasteiger partial charge in [-0.15, -0.1) is 0 Å². The minimum absolute atomic E-state index is 0.0929. The number of hydrogen-bond donors (Lipinski definition) is 0. The van der Waals surface area contributed by atoms with Crippen molar-refractivity contribution in [3.63, 3.8) is 0 Å². The van der Waals surface area contributed by atoms with Crippen LogP contribution in [0.5, 0.6) is 0 Å². The highest BCUT2D eigenvalue weighted by Crippen LogP contribution is 2.24. The number of aromatic nitrogens is 6. The molecule has 1 aliphatic rings. The lowest BCUT2D eigenvalue weighted by Crippen LogP contribution is -2.44. The fourth-order valence-corrected chi connectivity index (χ4v) is 2.84. The first-order chi connectivity index (χ1) is 10.8. The summed E-state index contributed by atoms with van der Waals surface area (Å²) < 4.78 is 9.52. The van der Waals surface area contributed by atoms with E-state index in [2.05, 4.69) is 25.1 Å². The number of aryl methyl sites for hydroxylation is 1. The number of anilines is 1. The Kier molecular flexibility index (Phi) is 3.23. The monoisotopic (exact) mass is 299 g/mol. The predicted octanol–water partition coefficient (Wildman–Crippen LogP) is 0.465. The van der Waals surface area contributed by atoms with Crippen LogP contribution < -0.4 is 4.90 Å². The summed E-state index contributed by atoms with van der Waals surface area (Å²) in [6.45, 7) is 3.01. The van der Waals surface area contributed by atoms with Gasteiger partial charge in [0.05, 0.1) is 30.8 Å². The lowest BCUT2D eigenvalue weighted by Gasteiger charge is -2.33. The molecule has 0 N–H and O–H groups in total. The predicted molar refractivity (Wildman–Crippen MR) is 80.5 cm³/mol. The minimum atomic E-state index is 0.0929. The highest BCUT2D eigenvalue weighted by atomic mass is 16.5. The summed E-state index contributed by atoms with van der Waals surface area (Å²) in [4.78, 5) is 11.0. The van der Waals surface area contributed by atoms with E-state index >= 15 is 0 Å². The van der Waals surface area contributed by atoms with Gasteiger partial charge in [-0.25, -0.2) is 9.97 Å². The molecule has 1 fully saturated rings. The van der Waals surface area contributed by atoms with Crippen LogP contribution in [-0.4, -0.2) is 55.3 Å². The van der Waals surface area contributed by atoms with Gasteiger partial charge in [-0.2, -0.15) is 10.2 Å². The average molecular weight is 299 g/mol. The molecule has 1 atom stereocenters. The Hall–Kier alpha value is -2.48. The van der Waals surface area contributed by atoms with E-state index in [0.29, 0.717) is 6.61 Å². The fourth-order valence-electron chi connectivity index (χ4n) is 2.84. The van der Waals surface area contributed by atoms with E-state index in [1.54, 1.807) is 17.2 Å². The minimum Gasteiger partial charge on any atom is -0.373 e. The van der Waals surface area contributed by atoms with Crippen LogP contribution in [0.25, 0.3) is 11.0 Å². The summed E-state index contributed by atoms with van der Waals surface area (Å²) in [5.41, 5.74) is 0.847. The van der Waals surface area contributed by atoms with Gasteiger partial charge in [0.15, 0.2) is 5.65 Å². The van der Waals surface area contributed by atoms with Gasteiger partial charge in [-0.05, 0) is 6.07 Å². The third kappa shape index (κ3) is 2.31. The summed E-state index contributed by atoms with van der Waals surface area (Å²) >= 11 is 0. The second-order valence-electron chi connectivity index (χ2n) is 5.37. The van der Waals surface area contributed by atoms with E-state index < -0.39 is 0 Å². The maximum absolute atomic E-state index is 5.85. The molecular formula is C14H17N7O. The molecule has 1 saturated heterocycles. The molecule has 0 amide bonds. The first-order valence-electron chi connectivity index (χ1n) is 7.28. The van der Waals surface area contributed by atoms with Gasteiger partial charge in [0, 0.05) is 32.5 Å². The van der Waals surface area contributed by atoms with Crippen molar-refractivity contribution in [1.82, 2.24) is 29.5 Å². The van der Waals surface area contributed by atoms with Gasteiger partial charge in [0.1, 0.15) is 12.1 Å². The molecule has 1 aliphatic heterocycles. The molecule has 0 saturated carbocycles. The van der Waals surface area contributed by atoms with Crippen molar-refractivity contribution in [3.8, 4) is 0 Å². The molecule has 0 bridgehead atoms. The van der Waals surface area contributed by atoms with Gasteiger partial charge in [0.25, 0.3) is 0 Å². The second-order valence-corrected chi connectivity index (χ2v) is 5.37. The van der Waals surface area contributed by atoms with Crippen LogP contribution in [0.3, 0.4) is 0 Å². The molecule has 8 nitrogen and oxygen atoms in total. The second kappa shape index (κ2) is 5.38. The zero-order chi connectivity index (χ0) is 14.9. The molecule has 0 radical (unpaired) electrons. The van der Waals surface area contributed by atoms with Crippen molar-refractivity contribution in [1.29, 1.82) is 0 Å². The smallest absolute Gasteiger partial charge is 0.163 e. The van der Waals surface area contributed by atoms with E-state index in [9.17, 15) is 0 Å². The molecule has 3 aromatic heterocycles. The summed E-state index contributed by atoms with van der Waals surface area (Å²) in [6, 6.07) is 1.92. The van der Waals surface area contributed by atoms with Crippen molar-refractivity contribution in [2.45, 2.75) is 12.6 Å². The molecular weight excluding hydrogens is 282 g/mol. The van der Waals surface area contributed by atoms with Crippen molar-refractivity contribution in [2.24, 2.45) is 7.05 Å².